The summed E-state index contributed by atoms with van der Waals surface area (Å²) in [5.74, 6) is -0.257. The van der Waals surface area contributed by atoms with Gasteiger partial charge in [0, 0.05) is 24.0 Å². The van der Waals surface area contributed by atoms with Gasteiger partial charge in [-0.3, -0.25) is 13.9 Å². The van der Waals surface area contributed by atoms with Crippen LogP contribution in [0.4, 0.5) is 5.69 Å². The predicted molar refractivity (Wildman–Crippen MR) is 180 cm³/mol. The lowest BCUT2D eigenvalue weighted by molar-refractivity contribution is -0.140. The van der Waals surface area contributed by atoms with Crippen molar-refractivity contribution in [1.82, 2.24) is 10.2 Å². The second-order valence-corrected chi connectivity index (χ2v) is 13.7. The smallest absolute Gasteiger partial charge is 0.264 e. The van der Waals surface area contributed by atoms with Crippen LogP contribution >= 0.6 is 11.6 Å². The van der Waals surface area contributed by atoms with Gasteiger partial charge in [0.1, 0.15) is 18.3 Å². The number of benzene rings is 4. The fourth-order valence-corrected chi connectivity index (χ4v) is 7.40. The van der Waals surface area contributed by atoms with E-state index < -0.39 is 28.5 Å². The average molecular weight is 660 g/mol. The van der Waals surface area contributed by atoms with Gasteiger partial charge in [0.25, 0.3) is 10.0 Å². The zero-order valence-corrected chi connectivity index (χ0v) is 27.3. The van der Waals surface area contributed by atoms with Gasteiger partial charge in [-0.15, -0.1) is 0 Å². The summed E-state index contributed by atoms with van der Waals surface area (Å²) in [4.78, 5) is 30.2. The zero-order valence-electron chi connectivity index (χ0n) is 25.7. The van der Waals surface area contributed by atoms with E-state index in [0.29, 0.717) is 10.8 Å². The highest BCUT2D eigenvalue weighted by Gasteiger charge is 2.35. The Balaban J connectivity index is 1.56. The van der Waals surface area contributed by atoms with Gasteiger partial charge in [0.2, 0.25) is 11.8 Å². The summed E-state index contributed by atoms with van der Waals surface area (Å²) in [5.41, 5.74) is 1.88. The summed E-state index contributed by atoms with van der Waals surface area (Å²) in [6.45, 7) is -0.483. The molecule has 8 nitrogen and oxygen atoms in total. The minimum absolute atomic E-state index is 0.0307. The third kappa shape index (κ3) is 8.27. The molecule has 2 amide bonds. The number of hydrogen-bond donors (Lipinski definition) is 1. The topological polar surface area (TPSA) is 96.0 Å². The number of nitrogens with zero attached hydrogens (tertiary/aromatic N) is 2. The van der Waals surface area contributed by atoms with Gasteiger partial charge in [0.15, 0.2) is 0 Å². The third-order valence-electron chi connectivity index (χ3n) is 8.19. The molecule has 1 N–H and O–H groups in total. The predicted octanol–water partition coefficient (Wildman–Crippen LogP) is 6.24. The number of methoxy groups -OCH3 is 1. The van der Waals surface area contributed by atoms with Crippen LogP contribution in [0.15, 0.2) is 114 Å². The number of amides is 2. The van der Waals surface area contributed by atoms with E-state index in [-0.39, 0.29) is 35.5 Å². The number of carbonyl (C=O) groups is 2. The summed E-state index contributed by atoms with van der Waals surface area (Å²) >= 11 is 6.33. The van der Waals surface area contributed by atoms with Crippen molar-refractivity contribution in [1.29, 1.82) is 0 Å². The monoisotopic (exact) mass is 659 g/mol. The second kappa shape index (κ2) is 15.3. The molecule has 1 aliphatic carbocycles. The molecule has 0 saturated heterocycles. The van der Waals surface area contributed by atoms with E-state index in [4.69, 9.17) is 16.3 Å². The maximum Gasteiger partial charge on any atom is 0.264 e. The zero-order chi connectivity index (χ0) is 32.5. The van der Waals surface area contributed by atoms with Crippen LogP contribution in [0.1, 0.15) is 36.8 Å². The van der Waals surface area contributed by atoms with Gasteiger partial charge in [-0.2, -0.15) is 0 Å². The number of hydrogen-bond acceptors (Lipinski definition) is 5. The number of nitrogens with one attached hydrogen (secondary N) is 1. The van der Waals surface area contributed by atoms with E-state index in [9.17, 15) is 18.0 Å². The van der Waals surface area contributed by atoms with E-state index in [2.05, 4.69) is 5.32 Å². The highest BCUT2D eigenvalue weighted by Crippen LogP contribution is 2.27. The van der Waals surface area contributed by atoms with Crippen molar-refractivity contribution in [2.75, 3.05) is 18.0 Å². The number of sulfonamides is 1. The SMILES string of the molecule is COc1ccc(N(CC(=O)N(Cc2cccc(Cl)c2)[C@H](Cc2ccccc2)C(=O)NC2CCCC2)S(=O)(=O)c2ccccc2)cc1. The van der Waals surface area contributed by atoms with E-state index in [1.165, 1.54) is 24.1 Å². The summed E-state index contributed by atoms with van der Waals surface area (Å²) in [7, 11) is -2.66. The molecule has 0 radical (unpaired) electrons. The van der Waals surface area contributed by atoms with E-state index in [1.54, 1.807) is 60.7 Å². The first-order chi connectivity index (χ1) is 22.2. The Morgan fingerprint density at radius 1 is 0.870 bits per heavy atom. The molecule has 0 aromatic heterocycles. The minimum Gasteiger partial charge on any atom is -0.497 e. The van der Waals surface area contributed by atoms with Crippen LogP contribution in [0.25, 0.3) is 0 Å². The summed E-state index contributed by atoms with van der Waals surface area (Å²) in [5, 5.41) is 3.67. The molecule has 10 heteroatoms. The fraction of sp³-hybridized carbons (Fsp3) is 0.278. The number of anilines is 1. The molecule has 0 aliphatic heterocycles. The highest BCUT2D eigenvalue weighted by molar-refractivity contribution is 7.92. The Bertz CT molecular complexity index is 1710. The molecule has 0 spiro atoms. The molecule has 46 heavy (non-hydrogen) atoms. The highest BCUT2D eigenvalue weighted by atomic mass is 35.5. The molecule has 0 unspecified atom stereocenters. The van der Waals surface area contributed by atoms with Crippen LogP contribution in [-0.2, 0) is 32.6 Å². The molecule has 1 saturated carbocycles. The lowest BCUT2D eigenvalue weighted by Crippen LogP contribution is -2.54. The first-order valence-corrected chi connectivity index (χ1v) is 17.2. The molecular weight excluding hydrogens is 622 g/mol. The number of carbonyl (C=O) groups excluding carboxylic acids is 2. The Morgan fingerprint density at radius 2 is 1.50 bits per heavy atom. The molecule has 5 rings (SSSR count). The van der Waals surface area contributed by atoms with Crippen molar-refractivity contribution in [3.05, 3.63) is 125 Å². The van der Waals surface area contributed by atoms with Crippen LogP contribution < -0.4 is 14.4 Å². The molecule has 4 aromatic carbocycles. The molecule has 1 aliphatic rings. The van der Waals surface area contributed by atoms with Crippen LogP contribution in [0.2, 0.25) is 5.02 Å². The average Bonchev–Trinajstić information content (AvgIpc) is 3.59. The van der Waals surface area contributed by atoms with Gasteiger partial charge in [0.05, 0.1) is 17.7 Å². The Morgan fingerprint density at radius 3 is 2.13 bits per heavy atom. The van der Waals surface area contributed by atoms with Gasteiger partial charge in [-0.25, -0.2) is 8.42 Å². The van der Waals surface area contributed by atoms with Crippen molar-refractivity contribution < 1.29 is 22.7 Å². The van der Waals surface area contributed by atoms with E-state index in [0.717, 1.165) is 41.1 Å². The quantitative estimate of drug-likeness (QED) is 0.183. The first kappa shape index (κ1) is 33.0. The second-order valence-electron chi connectivity index (χ2n) is 11.4. The van der Waals surface area contributed by atoms with Crippen molar-refractivity contribution >= 4 is 39.1 Å². The van der Waals surface area contributed by atoms with Crippen molar-refractivity contribution in [2.24, 2.45) is 0 Å². The van der Waals surface area contributed by atoms with Crippen LogP contribution in [0.5, 0.6) is 5.75 Å². The Labute approximate surface area is 276 Å². The third-order valence-corrected chi connectivity index (χ3v) is 10.2. The van der Waals surface area contributed by atoms with Gasteiger partial charge >= 0.3 is 0 Å². The maximum absolute atomic E-state index is 14.6. The van der Waals surface area contributed by atoms with Crippen LogP contribution in [0, 0.1) is 0 Å². The van der Waals surface area contributed by atoms with Crippen LogP contribution in [0.3, 0.4) is 0 Å². The minimum atomic E-state index is -4.18. The number of halogens is 1. The van der Waals surface area contributed by atoms with Crippen LogP contribution in [-0.4, -0.2) is 50.9 Å². The normalized spacial score (nSPS) is 14.0. The molecule has 1 fully saturated rings. The van der Waals surface area contributed by atoms with E-state index >= 15 is 0 Å². The molecule has 0 bridgehead atoms. The van der Waals surface area contributed by atoms with Gasteiger partial charge in [-0.05, 0) is 72.5 Å². The van der Waals surface area contributed by atoms with E-state index in [1.807, 2.05) is 36.4 Å². The maximum atomic E-state index is 14.6. The summed E-state index contributed by atoms with van der Waals surface area (Å²) < 4.78 is 34.6. The largest absolute Gasteiger partial charge is 0.497 e. The summed E-state index contributed by atoms with van der Waals surface area (Å²) in [6, 6.07) is 30.2. The Kier molecular flexibility index (Phi) is 11.0. The van der Waals surface area contributed by atoms with Gasteiger partial charge < -0.3 is 15.0 Å². The molecule has 4 aromatic rings. The lowest BCUT2D eigenvalue weighted by atomic mass is 10.0. The standard InChI is InChI=1S/C36H38ClN3O5S/c1-45-32-21-19-31(20-22-32)40(46(43,44)33-17-6-3-7-18-33)26-35(41)39(25-28-13-10-14-29(37)23-28)34(24-27-11-4-2-5-12-27)36(42)38-30-15-8-9-16-30/h2-7,10-14,17-23,30,34H,8-9,15-16,24-26H2,1H3,(H,38,42)/t34-/m1/s1. The first-order valence-electron chi connectivity index (χ1n) is 15.3. The fourth-order valence-electron chi connectivity index (χ4n) is 5.75. The van der Waals surface area contributed by atoms with Crippen molar-refractivity contribution in [3.63, 3.8) is 0 Å². The Hall–Kier alpha value is -4.34. The molecular formula is C36H38ClN3O5S. The van der Waals surface area contributed by atoms with Crippen molar-refractivity contribution in [2.45, 2.75) is 55.6 Å². The van der Waals surface area contributed by atoms with Crippen molar-refractivity contribution in [3.8, 4) is 5.75 Å². The number of ether oxygens (including phenoxy) is 1. The molecule has 1 atom stereocenters. The molecule has 0 heterocycles. The lowest BCUT2D eigenvalue weighted by Gasteiger charge is -2.34. The molecule has 240 valence electrons. The number of rotatable bonds is 13. The summed E-state index contributed by atoms with van der Waals surface area (Å²) in [6.07, 6.45) is 4.08. The van der Waals surface area contributed by atoms with Gasteiger partial charge in [-0.1, -0.05) is 85.1 Å².